The first-order valence-corrected chi connectivity index (χ1v) is 9.86. The highest BCUT2D eigenvalue weighted by atomic mass is 16.2. The van der Waals surface area contributed by atoms with E-state index >= 15 is 0 Å². The molecule has 2 aromatic heterocycles. The Morgan fingerprint density at radius 3 is 2.69 bits per heavy atom. The molecule has 6 nitrogen and oxygen atoms in total. The fourth-order valence-electron chi connectivity index (χ4n) is 3.60. The molecule has 0 aromatic carbocycles. The lowest BCUT2D eigenvalue weighted by atomic mass is 10.0. The summed E-state index contributed by atoms with van der Waals surface area (Å²) in [7, 11) is 0. The van der Waals surface area contributed by atoms with Gasteiger partial charge in [-0.2, -0.15) is 0 Å². The lowest BCUT2D eigenvalue weighted by Gasteiger charge is -2.34. The average molecular weight is 358 g/mol. The fraction of sp³-hybridized carbons (Fsp3) is 0.650. The van der Waals surface area contributed by atoms with Crippen LogP contribution >= 0.6 is 0 Å². The van der Waals surface area contributed by atoms with Crippen molar-refractivity contribution in [2.45, 2.75) is 65.5 Å². The number of carbonyl (C=O) groups excluding carboxylic acids is 1. The Labute approximate surface area is 156 Å². The van der Waals surface area contributed by atoms with Crippen LogP contribution in [0.4, 0.5) is 4.79 Å². The number of imidazole rings is 1. The van der Waals surface area contributed by atoms with E-state index in [1.807, 2.05) is 30.2 Å². The maximum absolute atomic E-state index is 12.4. The largest absolute Gasteiger partial charge is 0.336 e. The Kier molecular flexibility index (Phi) is 5.79. The zero-order valence-corrected chi connectivity index (χ0v) is 16.4. The van der Waals surface area contributed by atoms with Crippen molar-refractivity contribution in [3.8, 4) is 0 Å². The van der Waals surface area contributed by atoms with Gasteiger partial charge in [0.15, 0.2) is 5.65 Å². The highest BCUT2D eigenvalue weighted by molar-refractivity contribution is 5.74. The first-order chi connectivity index (χ1) is 12.5. The van der Waals surface area contributed by atoms with Crippen LogP contribution in [-0.2, 0) is 6.42 Å². The van der Waals surface area contributed by atoms with Gasteiger partial charge in [-0.3, -0.25) is 0 Å². The molecular weight excluding hydrogens is 326 g/mol. The number of carbonyl (C=O) groups is 1. The van der Waals surface area contributed by atoms with Crippen molar-refractivity contribution >= 4 is 17.2 Å². The van der Waals surface area contributed by atoms with Gasteiger partial charge in [-0.1, -0.05) is 20.8 Å². The molecule has 1 aliphatic rings. The van der Waals surface area contributed by atoms with E-state index in [1.54, 1.807) is 0 Å². The summed E-state index contributed by atoms with van der Waals surface area (Å²) in [6.45, 7) is 10.1. The monoisotopic (exact) mass is 357 g/mol. The van der Waals surface area contributed by atoms with E-state index in [4.69, 9.17) is 4.98 Å². The maximum atomic E-state index is 12.4. The highest BCUT2D eigenvalue weighted by Gasteiger charge is 2.27. The number of pyridine rings is 1. The van der Waals surface area contributed by atoms with Crippen molar-refractivity contribution in [1.29, 1.82) is 0 Å². The average Bonchev–Trinajstić information content (AvgIpc) is 2.98. The molecule has 0 aliphatic carbocycles. The summed E-state index contributed by atoms with van der Waals surface area (Å²) in [5.41, 5.74) is 1.95. The number of amides is 2. The molecule has 1 saturated heterocycles. The van der Waals surface area contributed by atoms with E-state index in [9.17, 15) is 4.79 Å². The summed E-state index contributed by atoms with van der Waals surface area (Å²) in [5.74, 6) is 1.67. The van der Waals surface area contributed by atoms with E-state index in [-0.39, 0.29) is 12.1 Å². The van der Waals surface area contributed by atoms with E-state index < -0.39 is 0 Å². The van der Waals surface area contributed by atoms with Gasteiger partial charge in [0.25, 0.3) is 0 Å². The summed E-state index contributed by atoms with van der Waals surface area (Å²) < 4.78 is 2.33. The van der Waals surface area contributed by atoms with E-state index in [0.29, 0.717) is 12.0 Å². The van der Waals surface area contributed by atoms with E-state index in [2.05, 4.69) is 35.6 Å². The minimum absolute atomic E-state index is 0.0637. The smallest absolute Gasteiger partial charge is 0.317 e. The van der Waals surface area contributed by atoms with Gasteiger partial charge >= 0.3 is 6.03 Å². The molecule has 3 heterocycles. The summed E-state index contributed by atoms with van der Waals surface area (Å²) in [6, 6.07) is 4.63. The van der Waals surface area contributed by atoms with Gasteiger partial charge in [0, 0.05) is 37.8 Å². The summed E-state index contributed by atoms with van der Waals surface area (Å²) in [4.78, 5) is 23.7. The number of hydrogen-bond acceptors (Lipinski definition) is 3. The van der Waals surface area contributed by atoms with Crippen molar-refractivity contribution in [1.82, 2.24) is 24.8 Å². The number of rotatable bonds is 5. The Bertz CT molecular complexity index is 746. The number of aromatic nitrogens is 3. The van der Waals surface area contributed by atoms with Crippen LogP contribution in [0.5, 0.6) is 0 Å². The number of nitrogens with zero attached hydrogens (tertiary/aromatic N) is 4. The molecule has 1 fully saturated rings. The Morgan fingerprint density at radius 2 is 2.04 bits per heavy atom. The van der Waals surface area contributed by atoms with Crippen molar-refractivity contribution < 1.29 is 4.79 Å². The number of fused-ring (bicyclic) bond motifs is 1. The molecule has 26 heavy (non-hydrogen) atoms. The standard InChI is InChI=1S/C20H31N5O/c1-5-15(4)22-20(26)24-11-8-16(9-12-24)25-18(13-14(2)3)23-17-7-6-10-21-19(17)25/h6-7,10,14-16H,5,8-9,11-13H2,1-4H3,(H,22,26)/t15-/m0/s1. The quantitative estimate of drug-likeness (QED) is 0.886. The molecule has 0 radical (unpaired) electrons. The molecule has 0 bridgehead atoms. The van der Waals surface area contributed by atoms with Gasteiger partial charge in [0.05, 0.1) is 0 Å². The van der Waals surface area contributed by atoms with Crippen LogP contribution in [-0.4, -0.2) is 44.6 Å². The number of likely N-dealkylation sites (tertiary alicyclic amines) is 1. The second-order valence-corrected chi connectivity index (χ2v) is 7.82. The molecule has 0 spiro atoms. The van der Waals surface area contributed by atoms with Crippen LogP contribution in [0.25, 0.3) is 11.2 Å². The van der Waals surface area contributed by atoms with Crippen LogP contribution < -0.4 is 5.32 Å². The van der Waals surface area contributed by atoms with Crippen LogP contribution in [0, 0.1) is 5.92 Å². The second kappa shape index (κ2) is 8.06. The molecule has 6 heteroatoms. The molecule has 2 amide bonds. The topological polar surface area (TPSA) is 63.1 Å². The van der Waals surface area contributed by atoms with Gasteiger partial charge in [-0.15, -0.1) is 0 Å². The van der Waals surface area contributed by atoms with Crippen molar-refractivity contribution in [3.63, 3.8) is 0 Å². The zero-order valence-electron chi connectivity index (χ0n) is 16.4. The van der Waals surface area contributed by atoms with Crippen molar-refractivity contribution in [2.75, 3.05) is 13.1 Å². The Hall–Kier alpha value is -2.11. The number of piperidine rings is 1. The van der Waals surface area contributed by atoms with Gasteiger partial charge in [0.2, 0.25) is 0 Å². The third-order valence-electron chi connectivity index (χ3n) is 5.21. The molecule has 2 aromatic rings. The van der Waals surface area contributed by atoms with Gasteiger partial charge < -0.3 is 14.8 Å². The molecule has 142 valence electrons. The minimum atomic E-state index is 0.0637. The van der Waals surface area contributed by atoms with Gasteiger partial charge in [-0.25, -0.2) is 14.8 Å². The SMILES string of the molecule is CC[C@H](C)NC(=O)N1CCC(n2c(CC(C)C)nc3cccnc32)CC1. The van der Waals surface area contributed by atoms with Gasteiger partial charge in [-0.05, 0) is 44.2 Å². The predicted octanol–water partition coefficient (Wildman–Crippen LogP) is 3.77. The zero-order chi connectivity index (χ0) is 18.7. The first kappa shape index (κ1) is 18.7. The molecular formula is C20H31N5O. The molecule has 3 rings (SSSR count). The summed E-state index contributed by atoms with van der Waals surface area (Å²) in [5, 5.41) is 3.07. The maximum Gasteiger partial charge on any atom is 0.317 e. The van der Waals surface area contributed by atoms with E-state index in [1.165, 1.54) is 0 Å². The fourth-order valence-corrected chi connectivity index (χ4v) is 3.60. The third kappa shape index (κ3) is 4.00. The molecule has 1 atom stereocenters. The molecule has 1 aliphatic heterocycles. The van der Waals surface area contributed by atoms with Crippen LogP contribution in [0.1, 0.15) is 58.8 Å². The minimum Gasteiger partial charge on any atom is -0.336 e. The Morgan fingerprint density at radius 1 is 1.31 bits per heavy atom. The lowest BCUT2D eigenvalue weighted by molar-refractivity contribution is 0.168. The number of nitrogens with one attached hydrogen (secondary N) is 1. The molecule has 0 saturated carbocycles. The van der Waals surface area contributed by atoms with Crippen LogP contribution in [0.3, 0.4) is 0 Å². The van der Waals surface area contributed by atoms with Crippen LogP contribution in [0.15, 0.2) is 18.3 Å². The third-order valence-corrected chi connectivity index (χ3v) is 5.21. The predicted molar refractivity (Wildman–Crippen MR) is 104 cm³/mol. The van der Waals surface area contributed by atoms with Gasteiger partial charge in [0.1, 0.15) is 11.3 Å². The summed E-state index contributed by atoms with van der Waals surface area (Å²) >= 11 is 0. The van der Waals surface area contributed by atoms with Crippen molar-refractivity contribution in [3.05, 3.63) is 24.2 Å². The van der Waals surface area contributed by atoms with Crippen molar-refractivity contribution in [2.24, 2.45) is 5.92 Å². The number of hydrogen-bond donors (Lipinski definition) is 1. The lowest BCUT2D eigenvalue weighted by Crippen LogP contribution is -2.47. The number of urea groups is 1. The second-order valence-electron chi connectivity index (χ2n) is 7.82. The van der Waals surface area contributed by atoms with Crippen LogP contribution in [0.2, 0.25) is 0 Å². The highest BCUT2D eigenvalue weighted by Crippen LogP contribution is 2.29. The normalized spacial score (nSPS) is 17.0. The molecule has 1 N–H and O–H groups in total. The Balaban J connectivity index is 1.76. The van der Waals surface area contributed by atoms with E-state index in [0.717, 1.165) is 55.8 Å². The molecule has 0 unspecified atom stereocenters. The first-order valence-electron chi connectivity index (χ1n) is 9.86. The summed E-state index contributed by atoms with van der Waals surface area (Å²) in [6.07, 6.45) is 5.63.